The van der Waals surface area contributed by atoms with Crippen LogP contribution in [-0.2, 0) is 6.42 Å². The molecule has 1 aromatic carbocycles. The van der Waals surface area contributed by atoms with Gasteiger partial charge in [-0.3, -0.25) is 0 Å². The van der Waals surface area contributed by atoms with E-state index in [4.69, 9.17) is 5.73 Å². The van der Waals surface area contributed by atoms with Gasteiger partial charge in [0.2, 0.25) is 0 Å². The van der Waals surface area contributed by atoms with Crippen LogP contribution in [0.5, 0.6) is 0 Å². The van der Waals surface area contributed by atoms with Crippen molar-refractivity contribution in [2.75, 3.05) is 5.73 Å². The molecule has 3 heteroatoms. The highest BCUT2D eigenvalue weighted by Crippen LogP contribution is 2.19. The van der Waals surface area contributed by atoms with Crippen molar-refractivity contribution in [2.45, 2.75) is 26.7 Å². The van der Waals surface area contributed by atoms with E-state index in [9.17, 15) is 0 Å². The van der Waals surface area contributed by atoms with Gasteiger partial charge in [-0.05, 0) is 31.0 Å². The van der Waals surface area contributed by atoms with E-state index >= 15 is 0 Å². The van der Waals surface area contributed by atoms with Gasteiger partial charge < -0.3 is 5.73 Å². The normalized spacial score (nSPS) is 10.8. The highest BCUT2D eigenvalue weighted by atomic mass is 14.9. The van der Waals surface area contributed by atoms with Crippen LogP contribution < -0.4 is 5.73 Å². The van der Waals surface area contributed by atoms with E-state index < -0.39 is 0 Å². The van der Waals surface area contributed by atoms with E-state index in [2.05, 4.69) is 29.0 Å². The number of nitrogens with two attached hydrogens (primary N) is 1. The van der Waals surface area contributed by atoms with Crippen molar-refractivity contribution < 1.29 is 0 Å². The van der Waals surface area contributed by atoms with Crippen molar-refractivity contribution in [2.24, 2.45) is 0 Å². The van der Waals surface area contributed by atoms with Crippen LogP contribution in [0, 0.1) is 6.92 Å². The molecule has 1 heterocycles. The van der Waals surface area contributed by atoms with Crippen LogP contribution in [0.25, 0.3) is 10.9 Å². The maximum Gasteiger partial charge on any atom is 0.135 e. The largest absolute Gasteiger partial charge is 0.383 e. The van der Waals surface area contributed by atoms with Gasteiger partial charge in [-0.1, -0.05) is 19.4 Å². The van der Waals surface area contributed by atoms with E-state index in [0.29, 0.717) is 5.82 Å². The molecule has 0 amide bonds. The van der Waals surface area contributed by atoms with Crippen molar-refractivity contribution in [3.05, 3.63) is 29.6 Å². The van der Waals surface area contributed by atoms with E-state index in [1.54, 1.807) is 0 Å². The van der Waals surface area contributed by atoms with Gasteiger partial charge in [0.05, 0.1) is 5.52 Å². The van der Waals surface area contributed by atoms with E-state index in [-0.39, 0.29) is 0 Å². The lowest BCUT2D eigenvalue weighted by Crippen LogP contribution is -1.98. The Hall–Kier alpha value is -1.64. The molecule has 0 fully saturated rings. The molecule has 3 nitrogen and oxygen atoms in total. The molecule has 0 aliphatic heterocycles. The molecule has 0 bridgehead atoms. The average Bonchev–Trinajstić information content (AvgIpc) is 2.19. The van der Waals surface area contributed by atoms with Crippen molar-refractivity contribution in [1.29, 1.82) is 0 Å². The van der Waals surface area contributed by atoms with Crippen LogP contribution in [-0.4, -0.2) is 9.97 Å². The smallest absolute Gasteiger partial charge is 0.135 e. The van der Waals surface area contributed by atoms with Gasteiger partial charge in [-0.25, -0.2) is 9.97 Å². The molecule has 2 aromatic rings. The lowest BCUT2D eigenvalue weighted by Gasteiger charge is -2.04. The standard InChI is InChI=1S/C12H15N3/c1-3-4-9-5-6-11-10(7-9)12(13)15-8(2)14-11/h5-7H,3-4H2,1-2H3,(H2,13,14,15). The highest BCUT2D eigenvalue weighted by molar-refractivity contribution is 5.88. The maximum atomic E-state index is 5.87. The lowest BCUT2D eigenvalue weighted by molar-refractivity contribution is 0.923. The second kappa shape index (κ2) is 3.85. The molecular formula is C12H15N3. The molecule has 78 valence electrons. The summed E-state index contributed by atoms with van der Waals surface area (Å²) in [6.45, 7) is 4.02. The van der Waals surface area contributed by atoms with Gasteiger partial charge in [0.1, 0.15) is 11.6 Å². The molecule has 2 N–H and O–H groups in total. The monoisotopic (exact) mass is 201 g/mol. The van der Waals surface area contributed by atoms with E-state index in [1.165, 1.54) is 5.56 Å². The Morgan fingerprint density at radius 3 is 2.80 bits per heavy atom. The minimum atomic E-state index is 0.579. The fourth-order valence-corrected chi connectivity index (χ4v) is 1.76. The minimum Gasteiger partial charge on any atom is -0.383 e. The molecule has 0 spiro atoms. The molecular weight excluding hydrogens is 186 g/mol. The first-order valence-corrected chi connectivity index (χ1v) is 5.23. The fraction of sp³-hybridized carbons (Fsp3) is 0.333. The summed E-state index contributed by atoms with van der Waals surface area (Å²) < 4.78 is 0. The summed E-state index contributed by atoms with van der Waals surface area (Å²) in [6.07, 6.45) is 2.21. The third-order valence-electron chi connectivity index (χ3n) is 2.44. The number of aromatic nitrogens is 2. The SMILES string of the molecule is CCCc1ccc2nc(C)nc(N)c2c1. The van der Waals surface area contributed by atoms with Crippen LogP contribution in [0.3, 0.4) is 0 Å². The Balaban J connectivity index is 2.60. The number of nitrogens with zero attached hydrogens (tertiary/aromatic N) is 2. The summed E-state index contributed by atoms with van der Waals surface area (Å²) in [5.74, 6) is 1.30. The van der Waals surface area contributed by atoms with Crippen molar-refractivity contribution in [3.63, 3.8) is 0 Å². The van der Waals surface area contributed by atoms with Crippen LogP contribution in [0.2, 0.25) is 0 Å². The summed E-state index contributed by atoms with van der Waals surface area (Å²) in [5.41, 5.74) is 8.10. The summed E-state index contributed by atoms with van der Waals surface area (Å²) in [5, 5.41) is 0.964. The summed E-state index contributed by atoms with van der Waals surface area (Å²) in [4.78, 5) is 8.52. The van der Waals surface area contributed by atoms with Crippen LogP contribution >= 0.6 is 0 Å². The highest BCUT2D eigenvalue weighted by Gasteiger charge is 2.03. The van der Waals surface area contributed by atoms with Gasteiger partial charge in [0.25, 0.3) is 0 Å². The average molecular weight is 201 g/mol. The third-order valence-corrected chi connectivity index (χ3v) is 2.44. The third kappa shape index (κ3) is 1.91. The number of aryl methyl sites for hydroxylation is 2. The van der Waals surface area contributed by atoms with Gasteiger partial charge in [-0.2, -0.15) is 0 Å². The molecule has 0 aliphatic rings. The molecule has 0 radical (unpaired) electrons. The predicted octanol–water partition coefficient (Wildman–Crippen LogP) is 2.47. The number of rotatable bonds is 2. The molecule has 0 unspecified atom stereocenters. The molecule has 1 aromatic heterocycles. The number of nitrogen functional groups attached to an aromatic ring is 1. The topological polar surface area (TPSA) is 51.8 Å². The van der Waals surface area contributed by atoms with Gasteiger partial charge >= 0.3 is 0 Å². The maximum absolute atomic E-state index is 5.87. The fourth-order valence-electron chi connectivity index (χ4n) is 1.76. The van der Waals surface area contributed by atoms with Crippen molar-refractivity contribution in [3.8, 4) is 0 Å². The molecule has 0 atom stereocenters. The van der Waals surface area contributed by atoms with Gasteiger partial charge in [-0.15, -0.1) is 0 Å². The van der Waals surface area contributed by atoms with Crippen molar-refractivity contribution in [1.82, 2.24) is 9.97 Å². The molecule has 0 saturated carbocycles. The summed E-state index contributed by atoms with van der Waals surface area (Å²) >= 11 is 0. The lowest BCUT2D eigenvalue weighted by atomic mass is 10.1. The Kier molecular flexibility index (Phi) is 2.54. The zero-order valence-corrected chi connectivity index (χ0v) is 9.12. The second-order valence-corrected chi connectivity index (χ2v) is 3.76. The van der Waals surface area contributed by atoms with E-state index in [1.807, 2.05) is 13.0 Å². The van der Waals surface area contributed by atoms with Crippen molar-refractivity contribution >= 4 is 16.7 Å². The first-order valence-electron chi connectivity index (χ1n) is 5.23. The quantitative estimate of drug-likeness (QED) is 0.812. The summed E-state index contributed by atoms with van der Waals surface area (Å²) in [6, 6.07) is 6.22. The molecule has 0 saturated heterocycles. The Bertz CT molecular complexity index is 491. The summed E-state index contributed by atoms with van der Waals surface area (Å²) in [7, 11) is 0. The number of hydrogen-bond donors (Lipinski definition) is 1. The minimum absolute atomic E-state index is 0.579. The van der Waals surface area contributed by atoms with Crippen LogP contribution in [0.1, 0.15) is 24.7 Å². The Morgan fingerprint density at radius 2 is 2.07 bits per heavy atom. The zero-order chi connectivity index (χ0) is 10.8. The first kappa shape index (κ1) is 9.90. The van der Waals surface area contributed by atoms with Crippen LogP contribution in [0.4, 0.5) is 5.82 Å². The molecule has 0 aliphatic carbocycles. The molecule has 15 heavy (non-hydrogen) atoms. The number of benzene rings is 1. The predicted molar refractivity (Wildman–Crippen MR) is 62.7 cm³/mol. The van der Waals surface area contributed by atoms with Gasteiger partial charge in [0, 0.05) is 5.39 Å². The number of anilines is 1. The zero-order valence-electron chi connectivity index (χ0n) is 9.12. The molecule has 2 rings (SSSR count). The second-order valence-electron chi connectivity index (χ2n) is 3.76. The van der Waals surface area contributed by atoms with E-state index in [0.717, 1.165) is 29.6 Å². The number of hydrogen-bond acceptors (Lipinski definition) is 3. The Labute approximate surface area is 89.4 Å². The Morgan fingerprint density at radius 1 is 1.27 bits per heavy atom. The first-order chi connectivity index (χ1) is 7.20. The van der Waals surface area contributed by atoms with Crippen LogP contribution in [0.15, 0.2) is 18.2 Å². The number of fused-ring (bicyclic) bond motifs is 1. The van der Waals surface area contributed by atoms with Gasteiger partial charge in [0.15, 0.2) is 0 Å².